The third-order valence-corrected chi connectivity index (χ3v) is 3.99. The van der Waals surface area contributed by atoms with E-state index in [0.29, 0.717) is 23.5 Å². The number of alkyl halides is 1. The lowest BCUT2D eigenvalue weighted by Gasteiger charge is -2.28. The van der Waals surface area contributed by atoms with Gasteiger partial charge in [-0.3, -0.25) is 4.79 Å². The molecule has 3 rings (SSSR count). The molecule has 134 valence electrons. The van der Waals surface area contributed by atoms with Crippen LogP contribution >= 0.6 is 15.9 Å². The van der Waals surface area contributed by atoms with Crippen LogP contribution in [-0.2, 0) is 6.61 Å². The molecule has 0 radical (unpaired) electrons. The minimum atomic E-state index is -0.340. The van der Waals surface area contributed by atoms with Crippen molar-refractivity contribution in [3.63, 3.8) is 0 Å². The van der Waals surface area contributed by atoms with Crippen LogP contribution in [0.5, 0.6) is 5.75 Å². The van der Waals surface area contributed by atoms with Crippen LogP contribution in [0, 0.1) is 0 Å². The Kier molecular flexibility index (Phi) is 7.28. The van der Waals surface area contributed by atoms with Gasteiger partial charge in [-0.2, -0.15) is 0 Å². The molecule has 1 heterocycles. The second-order valence-electron chi connectivity index (χ2n) is 5.16. The molecule has 0 saturated heterocycles. The van der Waals surface area contributed by atoms with Crippen LogP contribution < -0.4 is 15.4 Å². The predicted octanol–water partition coefficient (Wildman–Crippen LogP) is 3.83. The van der Waals surface area contributed by atoms with Gasteiger partial charge in [-0.15, -0.1) is 0 Å². The topological polar surface area (TPSA) is 70.6 Å². The highest BCUT2D eigenvalue weighted by Gasteiger charge is 2.24. The van der Waals surface area contributed by atoms with Crippen LogP contribution in [0.15, 0.2) is 42.5 Å². The second-order valence-corrected chi connectivity index (χ2v) is 5.95. The van der Waals surface area contributed by atoms with Crippen LogP contribution in [0.25, 0.3) is 0 Å². The number of amides is 1. The summed E-state index contributed by atoms with van der Waals surface area (Å²) in [6.45, 7) is 4.40. The largest absolute Gasteiger partial charge is 0.492 e. The monoisotopic (exact) mass is 406 g/mol. The molecule has 1 aliphatic heterocycles. The van der Waals surface area contributed by atoms with Gasteiger partial charge in [0.2, 0.25) is 0 Å². The first-order valence-electron chi connectivity index (χ1n) is 8.32. The Balaban J connectivity index is 0.00000109. The number of carbonyl (C=O) groups excluding carboxylic acids is 1. The number of aliphatic hydroxyl groups excluding tert-OH is 1. The van der Waals surface area contributed by atoms with Crippen LogP contribution in [0.3, 0.4) is 0 Å². The van der Waals surface area contributed by atoms with E-state index in [1.54, 1.807) is 6.07 Å². The van der Waals surface area contributed by atoms with Gasteiger partial charge in [0.25, 0.3) is 5.91 Å². The number of anilines is 1. The fourth-order valence-corrected chi connectivity index (χ4v) is 2.73. The van der Waals surface area contributed by atoms with E-state index in [9.17, 15) is 9.90 Å². The van der Waals surface area contributed by atoms with E-state index in [0.717, 1.165) is 16.6 Å². The number of fused-ring (bicyclic) bond motifs is 1. The standard InChI is InChI=1S/C17H17BrN2O3.C2H6/c18-7-8-23-15-6-5-11(9-12(15)10-21)16-19-14-4-2-1-3-13(14)17(22)20-16;1-2/h1-6,9,16,19,21H,7-8,10H2,(H,20,22);1-2H3. The zero-order chi connectivity index (χ0) is 18.2. The van der Waals surface area contributed by atoms with Gasteiger partial charge < -0.3 is 20.5 Å². The maximum absolute atomic E-state index is 12.2. The van der Waals surface area contributed by atoms with E-state index in [1.807, 2.05) is 50.2 Å². The number of hydrogen-bond donors (Lipinski definition) is 3. The molecule has 1 aliphatic rings. The minimum absolute atomic E-state index is 0.116. The lowest BCUT2D eigenvalue weighted by atomic mass is 10.0. The Hall–Kier alpha value is -2.05. The van der Waals surface area contributed by atoms with E-state index < -0.39 is 0 Å². The Morgan fingerprint density at radius 3 is 2.64 bits per heavy atom. The Labute approximate surface area is 156 Å². The third-order valence-electron chi connectivity index (χ3n) is 3.67. The summed E-state index contributed by atoms with van der Waals surface area (Å²) in [4.78, 5) is 12.2. The van der Waals surface area contributed by atoms with Crippen molar-refractivity contribution in [2.75, 3.05) is 17.3 Å². The van der Waals surface area contributed by atoms with Gasteiger partial charge in [0, 0.05) is 16.6 Å². The average molecular weight is 407 g/mol. The molecule has 1 unspecified atom stereocenters. The summed E-state index contributed by atoms with van der Waals surface area (Å²) >= 11 is 3.31. The highest BCUT2D eigenvalue weighted by molar-refractivity contribution is 9.09. The number of para-hydroxylation sites is 1. The van der Waals surface area contributed by atoms with E-state index in [4.69, 9.17) is 4.74 Å². The number of aliphatic hydroxyl groups is 1. The molecule has 2 aromatic carbocycles. The van der Waals surface area contributed by atoms with E-state index in [2.05, 4.69) is 26.6 Å². The van der Waals surface area contributed by atoms with Gasteiger partial charge in [-0.25, -0.2) is 0 Å². The summed E-state index contributed by atoms with van der Waals surface area (Å²) in [7, 11) is 0. The van der Waals surface area contributed by atoms with E-state index >= 15 is 0 Å². The zero-order valence-electron chi connectivity index (χ0n) is 14.4. The quantitative estimate of drug-likeness (QED) is 0.659. The number of carbonyl (C=O) groups is 1. The SMILES string of the molecule is CC.O=C1NC(c2ccc(OCCBr)c(CO)c2)Nc2ccccc21. The second kappa shape index (κ2) is 9.44. The van der Waals surface area contributed by atoms with Crippen molar-refractivity contribution in [2.24, 2.45) is 0 Å². The molecular weight excluding hydrogens is 384 g/mol. The summed E-state index contributed by atoms with van der Waals surface area (Å²) in [5, 5.41) is 16.5. The smallest absolute Gasteiger partial charge is 0.255 e. The molecule has 0 fully saturated rings. The molecule has 1 amide bonds. The number of rotatable bonds is 5. The molecule has 0 spiro atoms. The normalized spacial score (nSPS) is 15.2. The van der Waals surface area contributed by atoms with Gasteiger partial charge in [0.1, 0.15) is 11.9 Å². The van der Waals surface area contributed by atoms with Crippen molar-refractivity contribution in [1.82, 2.24) is 5.32 Å². The van der Waals surface area contributed by atoms with Crippen molar-refractivity contribution in [1.29, 1.82) is 0 Å². The first kappa shape index (κ1) is 19.3. The molecule has 6 heteroatoms. The number of hydrogen-bond acceptors (Lipinski definition) is 4. The van der Waals surface area contributed by atoms with Crippen molar-refractivity contribution in [3.8, 4) is 5.75 Å². The number of benzene rings is 2. The molecule has 0 bridgehead atoms. The molecule has 1 atom stereocenters. The van der Waals surface area contributed by atoms with E-state index in [1.165, 1.54) is 0 Å². The van der Waals surface area contributed by atoms with Gasteiger partial charge in [-0.1, -0.05) is 48.0 Å². The maximum Gasteiger partial charge on any atom is 0.255 e. The number of halogens is 1. The molecule has 25 heavy (non-hydrogen) atoms. The molecule has 0 aliphatic carbocycles. The van der Waals surface area contributed by atoms with Crippen LogP contribution in [0.2, 0.25) is 0 Å². The first-order chi connectivity index (χ1) is 12.2. The van der Waals surface area contributed by atoms with Crippen molar-refractivity contribution < 1.29 is 14.6 Å². The summed E-state index contributed by atoms with van der Waals surface area (Å²) < 4.78 is 5.58. The summed E-state index contributed by atoms with van der Waals surface area (Å²) in [5.74, 6) is 0.535. The number of ether oxygens (including phenoxy) is 1. The predicted molar refractivity (Wildman–Crippen MR) is 103 cm³/mol. The van der Waals surface area contributed by atoms with Crippen molar-refractivity contribution in [2.45, 2.75) is 26.6 Å². The Bertz CT molecular complexity index is 722. The van der Waals surface area contributed by atoms with Gasteiger partial charge in [0.15, 0.2) is 0 Å². The Morgan fingerprint density at radius 2 is 1.92 bits per heavy atom. The third kappa shape index (κ3) is 4.52. The maximum atomic E-state index is 12.2. The summed E-state index contributed by atoms with van der Waals surface area (Å²) in [5.41, 5.74) is 2.98. The van der Waals surface area contributed by atoms with Gasteiger partial charge >= 0.3 is 0 Å². The highest BCUT2D eigenvalue weighted by atomic mass is 79.9. The molecule has 3 N–H and O–H groups in total. The molecule has 5 nitrogen and oxygen atoms in total. The minimum Gasteiger partial charge on any atom is -0.492 e. The van der Waals surface area contributed by atoms with Crippen molar-refractivity contribution >= 4 is 27.5 Å². The van der Waals surface area contributed by atoms with Gasteiger partial charge in [0.05, 0.1) is 18.8 Å². The lowest BCUT2D eigenvalue weighted by molar-refractivity contribution is 0.0935. The molecule has 0 aromatic heterocycles. The zero-order valence-corrected chi connectivity index (χ0v) is 16.0. The molecule has 2 aromatic rings. The molecule has 0 saturated carbocycles. The summed E-state index contributed by atoms with van der Waals surface area (Å²) in [6, 6.07) is 12.9. The van der Waals surface area contributed by atoms with E-state index in [-0.39, 0.29) is 18.7 Å². The first-order valence-corrected chi connectivity index (χ1v) is 9.44. The number of nitrogens with one attached hydrogen (secondary N) is 2. The van der Waals surface area contributed by atoms with Crippen LogP contribution in [-0.4, -0.2) is 23.0 Å². The van der Waals surface area contributed by atoms with Crippen LogP contribution in [0.4, 0.5) is 5.69 Å². The summed E-state index contributed by atoms with van der Waals surface area (Å²) in [6.07, 6.45) is -0.340. The van der Waals surface area contributed by atoms with Crippen LogP contribution in [0.1, 0.15) is 41.5 Å². The highest BCUT2D eigenvalue weighted by Crippen LogP contribution is 2.29. The fourth-order valence-electron chi connectivity index (χ4n) is 2.57. The lowest BCUT2D eigenvalue weighted by Crippen LogP contribution is -2.38. The fraction of sp³-hybridized carbons (Fsp3) is 0.316. The average Bonchev–Trinajstić information content (AvgIpc) is 2.67. The van der Waals surface area contributed by atoms with Gasteiger partial charge in [-0.05, 0) is 29.8 Å². The Morgan fingerprint density at radius 1 is 1.16 bits per heavy atom. The molecular formula is C19H23BrN2O3. The van der Waals surface area contributed by atoms with Crippen molar-refractivity contribution in [3.05, 3.63) is 59.2 Å².